The van der Waals surface area contributed by atoms with E-state index < -0.39 is 12.0 Å². The van der Waals surface area contributed by atoms with Crippen LogP contribution in [0.1, 0.15) is 33.4 Å². The van der Waals surface area contributed by atoms with E-state index in [9.17, 15) is 9.59 Å². The van der Waals surface area contributed by atoms with E-state index in [0.29, 0.717) is 44.9 Å². The summed E-state index contributed by atoms with van der Waals surface area (Å²) >= 11 is 0. The first-order valence-electron chi connectivity index (χ1n) is 12.7. The monoisotopic (exact) mass is 499 g/mol. The number of amides is 2. The van der Waals surface area contributed by atoms with Gasteiger partial charge in [0.2, 0.25) is 5.91 Å². The van der Waals surface area contributed by atoms with Crippen LogP contribution in [0.5, 0.6) is 5.75 Å². The lowest BCUT2D eigenvalue weighted by molar-refractivity contribution is -0.135. The van der Waals surface area contributed by atoms with E-state index in [1.165, 1.54) is 0 Å². The van der Waals surface area contributed by atoms with Crippen LogP contribution in [0.2, 0.25) is 0 Å². The molecule has 3 aromatic carbocycles. The molecule has 2 heterocycles. The van der Waals surface area contributed by atoms with E-state index >= 15 is 0 Å². The van der Waals surface area contributed by atoms with Gasteiger partial charge in [0.25, 0.3) is 5.91 Å². The van der Waals surface area contributed by atoms with Gasteiger partial charge in [-0.1, -0.05) is 60.7 Å². The first-order chi connectivity index (χ1) is 18.1. The molecule has 3 aromatic rings. The molecule has 0 bridgehead atoms. The Bertz CT molecular complexity index is 1240. The molecule has 1 saturated heterocycles. The third kappa shape index (κ3) is 4.79. The summed E-state index contributed by atoms with van der Waals surface area (Å²) in [4.78, 5) is 34.0. The van der Waals surface area contributed by atoms with Crippen molar-refractivity contribution in [2.45, 2.75) is 12.0 Å². The van der Waals surface area contributed by atoms with Crippen LogP contribution in [-0.2, 0) is 9.53 Å². The summed E-state index contributed by atoms with van der Waals surface area (Å²) in [7, 11) is 3.31. The van der Waals surface area contributed by atoms with Crippen LogP contribution in [-0.4, -0.2) is 75.2 Å². The Labute approximate surface area is 218 Å². The first-order valence-corrected chi connectivity index (χ1v) is 12.7. The molecule has 5 rings (SSSR count). The normalized spacial score (nSPS) is 19.5. The smallest absolute Gasteiger partial charge is 0.254 e. The molecule has 0 spiro atoms. The van der Waals surface area contributed by atoms with Gasteiger partial charge in [-0.2, -0.15) is 0 Å². The number of fused-ring (bicyclic) bond motifs is 1. The summed E-state index contributed by atoms with van der Waals surface area (Å²) in [6.07, 6.45) is 0. The number of hydrogen-bond acceptors (Lipinski definition) is 5. The lowest BCUT2D eigenvalue weighted by Crippen LogP contribution is -2.53. The predicted molar refractivity (Wildman–Crippen MR) is 143 cm³/mol. The van der Waals surface area contributed by atoms with Crippen molar-refractivity contribution >= 4 is 17.5 Å². The van der Waals surface area contributed by atoms with E-state index in [1.807, 2.05) is 82.6 Å². The number of anilines is 1. The molecular weight excluding hydrogens is 466 g/mol. The zero-order valence-corrected chi connectivity index (χ0v) is 21.4. The number of carbonyl (C=O) groups excluding carboxylic acids is 2. The molecule has 7 nitrogen and oxygen atoms in total. The van der Waals surface area contributed by atoms with E-state index in [2.05, 4.69) is 11.0 Å². The Balaban J connectivity index is 1.47. The van der Waals surface area contributed by atoms with Crippen molar-refractivity contribution in [1.29, 1.82) is 0 Å². The molecule has 0 radical (unpaired) electrons. The van der Waals surface area contributed by atoms with Gasteiger partial charge in [-0.05, 0) is 29.3 Å². The van der Waals surface area contributed by atoms with Crippen LogP contribution in [0.3, 0.4) is 0 Å². The highest BCUT2D eigenvalue weighted by Crippen LogP contribution is 2.43. The SMILES string of the molecule is COCCN1C(=O)c2ccccc2C(C(=O)N2CCN(c3ccccc3OC)CC2)C1c1ccccc1. The molecule has 0 saturated carbocycles. The van der Waals surface area contributed by atoms with Gasteiger partial charge in [-0.25, -0.2) is 0 Å². The summed E-state index contributed by atoms with van der Waals surface area (Å²) in [6.45, 7) is 3.43. The summed E-state index contributed by atoms with van der Waals surface area (Å²) in [5.41, 5.74) is 3.38. The molecule has 2 amide bonds. The van der Waals surface area contributed by atoms with E-state index in [0.717, 1.165) is 22.6 Å². The van der Waals surface area contributed by atoms with Gasteiger partial charge >= 0.3 is 0 Å². The molecule has 1 fully saturated rings. The van der Waals surface area contributed by atoms with Crippen molar-refractivity contribution in [2.24, 2.45) is 0 Å². The minimum Gasteiger partial charge on any atom is -0.495 e. The number of benzene rings is 3. The van der Waals surface area contributed by atoms with Gasteiger partial charge in [0.05, 0.1) is 31.4 Å². The van der Waals surface area contributed by atoms with E-state index in [1.54, 1.807) is 14.2 Å². The number of ether oxygens (including phenoxy) is 2. The largest absolute Gasteiger partial charge is 0.495 e. The molecular formula is C30H33N3O4. The standard InChI is InChI=1S/C30H33N3O4/c1-36-21-20-33-28(22-10-4-3-5-11-22)27(23-12-6-7-13-24(23)29(33)34)30(35)32-18-16-31(17-19-32)25-14-8-9-15-26(25)37-2/h3-15,27-28H,16-21H2,1-2H3. The zero-order valence-electron chi connectivity index (χ0n) is 21.4. The van der Waals surface area contributed by atoms with Gasteiger partial charge in [-0.3, -0.25) is 9.59 Å². The summed E-state index contributed by atoms with van der Waals surface area (Å²) in [6, 6.07) is 25.0. The Morgan fingerprint density at radius 3 is 2.27 bits per heavy atom. The molecule has 2 aliphatic heterocycles. The maximum absolute atomic E-state index is 14.3. The maximum Gasteiger partial charge on any atom is 0.254 e. The topological polar surface area (TPSA) is 62.3 Å². The lowest BCUT2D eigenvalue weighted by atomic mass is 9.78. The number of piperazine rings is 1. The van der Waals surface area contributed by atoms with Crippen LogP contribution >= 0.6 is 0 Å². The molecule has 37 heavy (non-hydrogen) atoms. The fraction of sp³-hybridized carbons (Fsp3) is 0.333. The van der Waals surface area contributed by atoms with Gasteiger partial charge in [0, 0.05) is 45.4 Å². The fourth-order valence-corrected chi connectivity index (χ4v) is 5.57. The number of carbonyl (C=O) groups is 2. The second kappa shape index (κ2) is 11.0. The molecule has 0 aliphatic carbocycles. The Morgan fingerprint density at radius 1 is 0.865 bits per heavy atom. The molecule has 0 N–H and O–H groups in total. The predicted octanol–water partition coefficient (Wildman–Crippen LogP) is 3.97. The third-order valence-electron chi connectivity index (χ3n) is 7.40. The summed E-state index contributed by atoms with van der Waals surface area (Å²) < 4.78 is 10.9. The van der Waals surface area contributed by atoms with Crippen LogP contribution in [0.15, 0.2) is 78.9 Å². The van der Waals surface area contributed by atoms with Gasteiger partial charge in [0.1, 0.15) is 5.75 Å². The number of rotatable bonds is 7. The van der Waals surface area contributed by atoms with Crippen molar-refractivity contribution in [3.05, 3.63) is 95.6 Å². The average Bonchev–Trinajstić information content (AvgIpc) is 2.96. The summed E-state index contributed by atoms with van der Waals surface area (Å²) in [5.74, 6) is 0.327. The van der Waals surface area contributed by atoms with Crippen molar-refractivity contribution in [3.8, 4) is 5.75 Å². The second-order valence-corrected chi connectivity index (χ2v) is 9.40. The Hall–Kier alpha value is -3.84. The van der Waals surface area contributed by atoms with Crippen LogP contribution in [0.25, 0.3) is 0 Å². The Morgan fingerprint density at radius 2 is 1.54 bits per heavy atom. The molecule has 2 atom stereocenters. The maximum atomic E-state index is 14.3. The minimum atomic E-state index is -0.494. The Kier molecular flexibility index (Phi) is 7.42. The zero-order chi connectivity index (χ0) is 25.8. The molecule has 2 aliphatic rings. The van der Waals surface area contributed by atoms with Crippen LogP contribution < -0.4 is 9.64 Å². The fourth-order valence-electron chi connectivity index (χ4n) is 5.57. The quantitative estimate of drug-likeness (QED) is 0.492. The average molecular weight is 500 g/mol. The number of nitrogens with zero attached hydrogens (tertiary/aromatic N) is 3. The molecule has 192 valence electrons. The van der Waals surface area contributed by atoms with Gasteiger partial charge in [-0.15, -0.1) is 0 Å². The van der Waals surface area contributed by atoms with Gasteiger partial charge < -0.3 is 24.2 Å². The highest BCUT2D eigenvalue weighted by molar-refractivity contribution is 6.01. The number of methoxy groups -OCH3 is 2. The van der Waals surface area contributed by atoms with E-state index in [4.69, 9.17) is 9.47 Å². The van der Waals surface area contributed by atoms with Crippen molar-refractivity contribution < 1.29 is 19.1 Å². The number of hydrogen-bond donors (Lipinski definition) is 0. The minimum absolute atomic E-state index is 0.0518. The lowest BCUT2D eigenvalue weighted by Gasteiger charge is -2.44. The molecule has 0 aromatic heterocycles. The van der Waals surface area contributed by atoms with Crippen LogP contribution in [0, 0.1) is 0 Å². The second-order valence-electron chi connectivity index (χ2n) is 9.40. The molecule has 2 unspecified atom stereocenters. The first kappa shape index (κ1) is 24.8. The van der Waals surface area contributed by atoms with Crippen LogP contribution in [0.4, 0.5) is 5.69 Å². The van der Waals surface area contributed by atoms with Crippen molar-refractivity contribution in [3.63, 3.8) is 0 Å². The van der Waals surface area contributed by atoms with E-state index in [-0.39, 0.29) is 11.8 Å². The number of para-hydroxylation sites is 2. The van der Waals surface area contributed by atoms with Crippen molar-refractivity contribution in [2.75, 3.05) is 58.5 Å². The van der Waals surface area contributed by atoms with Gasteiger partial charge in [0.15, 0.2) is 0 Å². The highest BCUT2D eigenvalue weighted by atomic mass is 16.5. The highest BCUT2D eigenvalue weighted by Gasteiger charge is 2.45. The third-order valence-corrected chi connectivity index (χ3v) is 7.40. The molecule has 7 heteroatoms. The van der Waals surface area contributed by atoms with Crippen molar-refractivity contribution in [1.82, 2.24) is 9.80 Å². The summed E-state index contributed by atoms with van der Waals surface area (Å²) in [5, 5.41) is 0.